The smallest absolute Gasteiger partial charge is 0.132 e. The van der Waals surface area contributed by atoms with Crippen LogP contribution in [0.1, 0.15) is 77.5 Å². The minimum absolute atomic E-state index is 0.874. The fraction of sp³-hybridized carbons (Fsp3) is 0.765. The SMILES string of the molecule is CCCCCCCCCCNc1cc(Br)nc(CCC)n1. The van der Waals surface area contributed by atoms with Crippen LogP contribution in [0, 0.1) is 0 Å². The standard InChI is InChI=1S/C17H30BrN3/c1-3-5-6-7-8-9-10-11-13-19-17-14-15(18)20-16(21-17)12-4-2/h14H,3-13H2,1-2H3,(H,19,20,21). The van der Waals surface area contributed by atoms with Crippen molar-refractivity contribution >= 4 is 21.7 Å². The van der Waals surface area contributed by atoms with Gasteiger partial charge in [0.15, 0.2) is 0 Å². The van der Waals surface area contributed by atoms with Crippen molar-refractivity contribution in [1.29, 1.82) is 0 Å². The molecule has 0 aromatic carbocycles. The highest BCUT2D eigenvalue weighted by atomic mass is 79.9. The van der Waals surface area contributed by atoms with E-state index in [9.17, 15) is 0 Å². The Labute approximate surface area is 138 Å². The molecule has 21 heavy (non-hydrogen) atoms. The van der Waals surface area contributed by atoms with E-state index in [1.807, 2.05) is 6.07 Å². The summed E-state index contributed by atoms with van der Waals surface area (Å²) < 4.78 is 0.874. The molecule has 0 saturated carbocycles. The highest BCUT2D eigenvalue weighted by molar-refractivity contribution is 9.10. The van der Waals surface area contributed by atoms with Crippen molar-refractivity contribution in [3.05, 3.63) is 16.5 Å². The van der Waals surface area contributed by atoms with Crippen molar-refractivity contribution in [3.8, 4) is 0 Å². The van der Waals surface area contributed by atoms with Crippen LogP contribution in [-0.2, 0) is 6.42 Å². The van der Waals surface area contributed by atoms with Gasteiger partial charge in [-0.2, -0.15) is 0 Å². The summed E-state index contributed by atoms with van der Waals surface area (Å²) in [5, 5.41) is 3.41. The van der Waals surface area contributed by atoms with E-state index < -0.39 is 0 Å². The zero-order valence-corrected chi connectivity index (χ0v) is 15.2. The fourth-order valence-corrected chi connectivity index (χ4v) is 2.79. The topological polar surface area (TPSA) is 37.8 Å². The van der Waals surface area contributed by atoms with Gasteiger partial charge in [0.25, 0.3) is 0 Å². The summed E-state index contributed by atoms with van der Waals surface area (Å²) in [5.41, 5.74) is 0. The second-order valence-electron chi connectivity index (χ2n) is 5.64. The average Bonchev–Trinajstić information content (AvgIpc) is 2.45. The first kappa shape index (κ1) is 18.4. The summed E-state index contributed by atoms with van der Waals surface area (Å²) >= 11 is 3.46. The van der Waals surface area contributed by atoms with Crippen molar-refractivity contribution in [2.45, 2.75) is 78.1 Å². The molecule has 0 amide bonds. The highest BCUT2D eigenvalue weighted by Crippen LogP contribution is 2.14. The number of hydrogen-bond donors (Lipinski definition) is 1. The van der Waals surface area contributed by atoms with E-state index in [1.54, 1.807) is 0 Å². The summed E-state index contributed by atoms with van der Waals surface area (Å²) in [6.45, 7) is 5.42. The molecular formula is C17H30BrN3. The molecule has 0 fully saturated rings. The number of aryl methyl sites for hydroxylation is 1. The second kappa shape index (κ2) is 12.0. The van der Waals surface area contributed by atoms with E-state index in [4.69, 9.17) is 0 Å². The molecule has 4 heteroatoms. The lowest BCUT2D eigenvalue weighted by Crippen LogP contribution is -2.06. The number of halogens is 1. The molecule has 0 atom stereocenters. The van der Waals surface area contributed by atoms with Crippen LogP contribution in [0.5, 0.6) is 0 Å². The molecule has 3 nitrogen and oxygen atoms in total. The maximum absolute atomic E-state index is 4.54. The summed E-state index contributed by atoms with van der Waals surface area (Å²) in [6, 6.07) is 1.96. The Hall–Kier alpha value is -0.640. The molecule has 1 N–H and O–H groups in total. The third-order valence-corrected chi connectivity index (χ3v) is 3.96. The molecule has 0 bridgehead atoms. The molecule has 0 saturated heterocycles. The molecule has 120 valence electrons. The normalized spacial score (nSPS) is 10.8. The average molecular weight is 356 g/mol. The zero-order chi connectivity index (χ0) is 15.3. The number of aromatic nitrogens is 2. The monoisotopic (exact) mass is 355 g/mol. The Morgan fingerprint density at radius 3 is 2.24 bits per heavy atom. The van der Waals surface area contributed by atoms with Crippen LogP contribution in [0.2, 0.25) is 0 Å². The van der Waals surface area contributed by atoms with Crippen molar-refractivity contribution < 1.29 is 0 Å². The molecule has 1 aromatic heterocycles. The molecule has 1 heterocycles. The first-order valence-corrected chi connectivity index (χ1v) is 9.33. The van der Waals surface area contributed by atoms with Crippen LogP contribution in [0.15, 0.2) is 10.7 Å². The second-order valence-corrected chi connectivity index (χ2v) is 6.46. The van der Waals surface area contributed by atoms with Gasteiger partial charge in [-0.25, -0.2) is 9.97 Å². The highest BCUT2D eigenvalue weighted by Gasteiger charge is 2.02. The van der Waals surface area contributed by atoms with E-state index in [0.29, 0.717) is 0 Å². The van der Waals surface area contributed by atoms with Crippen LogP contribution >= 0.6 is 15.9 Å². The third kappa shape index (κ3) is 9.07. The Morgan fingerprint density at radius 2 is 1.57 bits per heavy atom. The quantitative estimate of drug-likeness (QED) is 0.383. The minimum Gasteiger partial charge on any atom is -0.370 e. The van der Waals surface area contributed by atoms with Gasteiger partial charge in [-0.05, 0) is 28.8 Å². The molecule has 1 aromatic rings. The number of rotatable bonds is 12. The van der Waals surface area contributed by atoms with Crippen molar-refractivity contribution in [2.75, 3.05) is 11.9 Å². The van der Waals surface area contributed by atoms with Gasteiger partial charge in [-0.3, -0.25) is 0 Å². The van der Waals surface area contributed by atoms with Gasteiger partial charge in [-0.15, -0.1) is 0 Å². The van der Waals surface area contributed by atoms with E-state index in [1.165, 1.54) is 51.4 Å². The van der Waals surface area contributed by atoms with Gasteiger partial charge in [0, 0.05) is 19.0 Å². The number of anilines is 1. The summed E-state index contributed by atoms with van der Waals surface area (Å²) in [4.78, 5) is 8.92. The largest absolute Gasteiger partial charge is 0.370 e. The maximum Gasteiger partial charge on any atom is 0.132 e. The zero-order valence-electron chi connectivity index (χ0n) is 13.6. The Bertz CT molecular complexity index is 382. The number of nitrogens with one attached hydrogen (secondary N) is 1. The van der Waals surface area contributed by atoms with Crippen LogP contribution in [-0.4, -0.2) is 16.5 Å². The molecule has 0 unspecified atom stereocenters. The molecular weight excluding hydrogens is 326 g/mol. The Balaban J connectivity index is 2.12. The van der Waals surface area contributed by atoms with Crippen molar-refractivity contribution in [2.24, 2.45) is 0 Å². The minimum atomic E-state index is 0.874. The van der Waals surface area contributed by atoms with Crippen molar-refractivity contribution in [1.82, 2.24) is 9.97 Å². The molecule has 0 aliphatic carbocycles. The fourth-order valence-electron chi connectivity index (χ4n) is 2.37. The summed E-state index contributed by atoms with van der Waals surface area (Å²) in [6.07, 6.45) is 12.8. The maximum atomic E-state index is 4.54. The van der Waals surface area contributed by atoms with Crippen LogP contribution in [0.4, 0.5) is 5.82 Å². The first-order valence-electron chi connectivity index (χ1n) is 8.53. The van der Waals surface area contributed by atoms with E-state index in [2.05, 4.69) is 45.1 Å². The van der Waals surface area contributed by atoms with Gasteiger partial charge >= 0.3 is 0 Å². The van der Waals surface area contributed by atoms with Gasteiger partial charge in [0.1, 0.15) is 16.2 Å². The van der Waals surface area contributed by atoms with E-state index in [0.717, 1.165) is 35.6 Å². The van der Waals surface area contributed by atoms with Gasteiger partial charge in [-0.1, -0.05) is 58.8 Å². The van der Waals surface area contributed by atoms with Crippen molar-refractivity contribution in [3.63, 3.8) is 0 Å². The molecule has 0 spiro atoms. The lowest BCUT2D eigenvalue weighted by atomic mass is 10.1. The number of unbranched alkanes of at least 4 members (excludes halogenated alkanes) is 7. The van der Waals surface area contributed by atoms with Crippen LogP contribution < -0.4 is 5.32 Å². The molecule has 1 rings (SSSR count). The van der Waals surface area contributed by atoms with Gasteiger partial charge in [0.05, 0.1) is 0 Å². The lowest BCUT2D eigenvalue weighted by molar-refractivity contribution is 0.581. The summed E-state index contributed by atoms with van der Waals surface area (Å²) in [5.74, 6) is 1.87. The summed E-state index contributed by atoms with van der Waals surface area (Å²) in [7, 11) is 0. The Morgan fingerprint density at radius 1 is 0.905 bits per heavy atom. The lowest BCUT2D eigenvalue weighted by Gasteiger charge is -2.08. The first-order chi connectivity index (χ1) is 10.3. The molecule has 0 aliphatic heterocycles. The molecule has 0 radical (unpaired) electrons. The number of nitrogens with zero attached hydrogens (tertiary/aromatic N) is 2. The van der Waals surface area contributed by atoms with Crippen LogP contribution in [0.3, 0.4) is 0 Å². The van der Waals surface area contributed by atoms with E-state index in [-0.39, 0.29) is 0 Å². The van der Waals surface area contributed by atoms with E-state index >= 15 is 0 Å². The number of hydrogen-bond acceptors (Lipinski definition) is 3. The van der Waals surface area contributed by atoms with Gasteiger partial charge < -0.3 is 5.32 Å². The van der Waals surface area contributed by atoms with Crippen LogP contribution in [0.25, 0.3) is 0 Å². The third-order valence-electron chi connectivity index (χ3n) is 3.55. The predicted molar refractivity (Wildman–Crippen MR) is 94.8 cm³/mol. The molecule has 0 aliphatic rings. The predicted octanol–water partition coefficient (Wildman–Crippen LogP) is 5.74. The Kier molecular flexibility index (Phi) is 10.5. The van der Waals surface area contributed by atoms with Gasteiger partial charge in [0.2, 0.25) is 0 Å².